The zero-order chi connectivity index (χ0) is 26.4. The quantitative estimate of drug-likeness (QED) is 0.289. The van der Waals surface area contributed by atoms with E-state index < -0.39 is 11.2 Å². The van der Waals surface area contributed by atoms with Gasteiger partial charge in [0.15, 0.2) is 5.82 Å². The number of ether oxygens (including phenoxy) is 1. The number of benzene rings is 2. The third kappa shape index (κ3) is 3.75. The molecule has 1 aliphatic carbocycles. The monoisotopic (exact) mass is 513 g/mol. The van der Waals surface area contributed by atoms with Gasteiger partial charge < -0.3 is 26.4 Å². The maximum absolute atomic E-state index is 15.4. The molecule has 1 aliphatic heterocycles. The molecular formula is C28H28FN7O2. The van der Waals surface area contributed by atoms with Crippen LogP contribution in [0.2, 0.25) is 0 Å². The van der Waals surface area contributed by atoms with Crippen LogP contribution in [0, 0.1) is 12.7 Å². The minimum Gasteiger partial charge on any atom is -0.474 e. The van der Waals surface area contributed by atoms with E-state index in [4.69, 9.17) is 10.5 Å². The summed E-state index contributed by atoms with van der Waals surface area (Å²) < 4.78 is 21.0. The van der Waals surface area contributed by atoms with Crippen molar-refractivity contribution in [1.82, 2.24) is 20.3 Å². The van der Waals surface area contributed by atoms with Crippen molar-refractivity contribution in [2.75, 3.05) is 36.6 Å². The van der Waals surface area contributed by atoms with Crippen molar-refractivity contribution in [2.24, 2.45) is 0 Å². The van der Waals surface area contributed by atoms with Crippen molar-refractivity contribution >= 4 is 39.8 Å². The van der Waals surface area contributed by atoms with E-state index in [0.717, 1.165) is 41.8 Å². The van der Waals surface area contributed by atoms with Crippen molar-refractivity contribution < 1.29 is 13.9 Å². The molecular weight excluding hydrogens is 485 g/mol. The van der Waals surface area contributed by atoms with E-state index in [1.807, 2.05) is 31.2 Å². The molecule has 6 rings (SSSR count). The smallest absolute Gasteiger partial charge is 0.237 e. The molecule has 194 valence electrons. The first-order valence-electron chi connectivity index (χ1n) is 12.6. The minimum atomic E-state index is -0.542. The summed E-state index contributed by atoms with van der Waals surface area (Å²) in [6.45, 7) is 3.07. The standard InChI is InChI=1S/C28H28FN7O2/c1-15-19(13-33-25-24(15)32-10-11-38-25)18-12-21-20(23(30)22(18)29)14-34-27(36-21)35-17-6-4-16(5-7-17)28(8-3-9-28)26(37)31-2/h4-7,12-14,32H,3,8-11,30H2,1-2H3,(H,31,37)(H,34,35,36). The summed E-state index contributed by atoms with van der Waals surface area (Å²) in [6.07, 6.45) is 5.84. The lowest BCUT2D eigenvalue weighted by molar-refractivity contribution is -0.129. The van der Waals surface area contributed by atoms with E-state index in [-0.39, 0.29) is 11.6 Å². The molecule has 0 radical (unpaired) electrons. The van der Waals surface area contributed by atoms with Gasteiger partial charge in [0.25, 0.3) is 0 Å². The van der Waals surface area contributed by atoms with Crippen molar-refractivity contribution in [3.05, 3.63) is 59.7 Å². The fourth-order valence-electron chi connectivity index (χ4n) is 5.34. The molecule has 0 saturated heterocycles. The van der Waals surface area contributed by atoms with Crippen LogP contribution in [0.25, 0.3) is 22.0 Å². The Bertz CT molecular complexity index is 1570. The number of amides is 1. The number of aromatic nitrogens is 3. The number of anilines is 4. The summed E-state index contributed by atoms with van der Waals surface area (Å²) in [6, 6.07) is 9.42. The molecule has 0 spiro atoms. The number of pyridine rings is 1. The van der Waals surface area contributed by atoms with Crippen LogP contribution in [-0.4, -0.2) is 41.1 Å². The normalized spacial score (nSPS) is 15.6. The van der Waals surface area contributed by atoms with Gasteiger partial charge in [0, 0.05) is 48.2 Å². The van der Waals surface area contributed by atoms with Crippen LogP contribution in [0.5, 0.6) is 5.88 Å². The molecule has 1 amide bonds. The van der Waals surface area contributed by atoms with Gasteiger partial charge in [0.2, 0.25) is 17.7 Å². The molecule has 10 heteroatoms. The van der Waals surface area contributed by atoms with E-state index in [1.165, 1.54) is 6.20 Å². The number of nitrogens with one attached hydrogen (secondary N) is 3. The Labute approximate surface area is 219 Å². The molecule has 3 heterocycles. The van der Waals surface area contributed by atoms with Crippen LogP contribution >= 0.6 is 0 Å². The highest BCUT2D eigenvalue weighted by Crippen LogP contribution is 2.44. The number of halogens is 1. The second-order valence-corrected chi connectivity index (χ2v) is 9.75. The van der Waals surface area contributed by atoms with Crippen LogP contribution in [0.4, 0.5) is 27.4 Å². The summed E-state index contributed by atoms with van der Waals surface area (Å²) in [7, 11) is 1.67. The predicted molar refractivity (Wildman–Crippen MR) is 145 cm³/mol. The molecule has 5 N–H and O–H groups in total. The van der Waals surface area contributed by atoms with E-state index in [2.05, 4.69) is 30.9 Å². The van der Waals surface area contributed by atoms with Gasteiger partial charge in [0.05, 0.1) is 16.6 Å². The SMILES string of the molecule is CNC(=O)C1(c2ccc(Nc3ncc4c(N)c(F)c(-c5cnc6c(c5C)NCCO6)cc4n3)cc2)CCC1. The van der Waals surface area contributed by atoms with Crippen LogP contribution in [0.3, 0.4) is 0 Å². The Hall–Kier alpha value is -4.47. The highest BCUT2D eigenvalue weighted by molar-refractivity contribution is 5.96. The summed E-state index contributed by atoms with van der Waals surface area (Å²) >= 11 is 0. The maximum atomic E-state index is 15.4. The number of carbonyl (C=O) groups excluding carboxylic acids is 1. The van der Waals surface area contributed by atoms with Gasteiger partial charge in [-0.05, 0) is 49.1 Å². The fraction of sp³-hybridized carbons (Fsp3) is 0.286. The third-order valence-corrected chi connectivity index (χ3v) is 7.66. The minimum absolute atomic E-state index is 0.0188. The number of likely N-dealkylation sites (N-methyl/N-ethyl adjacent to an activating group) is 1. The van der Waals surface area contributed by atoms with Gasteiger partial charge in [0.1, 0.15) is 12.3 Å². The molecule has 2 aliphatic rings. The zero-order valence-electron chi connectivity index (χ0n) is 21.2. The molecule has 1 fully saturated rings. The first kappa shape index (κ1) is 23.9. The summed E-state index contributed by atoms with van der Waals surface area (Å²) in [5, 5.41) is 9.70. The van der Waals surface area contributed by atoms with Gasteiger partial charge in [-0.25, -0.2) is 19.3 Å². The zero-order valence-corrected chi connectivity index (χ0v) is 21.2. The second kappa shape index (κ2) is 9.13. The maximum Gasteiger partial charge on any atom is 0.237 e. The van der Waals surface area contributed by atoms with Crippen LogP contribution in [0.15, 0.2) is 42.7 Å². The Kier molecular flexibility index (Phi) is 5.74. The van der Waals surface area contributed by atoms with Crippen molar-refractivity contribution in [3.8, 4) is 17.0 Å². The Morgan fingerprint density at radius 2 is 1.95 bits per heavy atom. The topological polar surface area (TPSA) is 127 Å². The van der Waals surface area contributed by atoms with Gasteiger partial charge in [-0.2, -0.15) is 0 Å². The molecule has 9 nitrogen and oxygen atoms in total. The Balaban J connectivity index is 1.33. The molecule has 38 heavy (non-hydrogen) atoms. The number of nitrogens with two attached hydrogens (primary N) is 1. The third-order valence-electron chi connectivity index (χ3n) is 7.66. The summed E-state index contributed by atoms with van der Waals surface area (Å²) in [4.78, 5) is 25.8. The molecule has 0 bridgehead atoms. The number of nitrogen functional groups attached to an aromatic ring is 1. The Morgan fingerprint density at radius 3 is 2.66 bits per heavy atom. The highest BCUT2D eigenvalue weighted by Gasteiger charge is 2.45. The highest BCUT2D eigenvalue weighted by atomic mass is 19.1. The number of nitrogens with zero attached hydrogens (tertiary/aromatic N) is 3. The van der Waals surface area contributed by atoms with Gasteiger partial charge >= 0.3 is 0 Å². The number of rotatable bonds is 5. The molecule has 0 atom stereocenters. The van der Waals surface area contributed by atoms with Crippen LogP contribution < -0.4 is 26.4 Å². The van der Waals surface area contributed by atoms with E-state index in [9.17, 15) is 4.79 Å². The largest absolute Gasteiger partial charge is 0.474 e. The lowest BCUT2D eigenvalue weighted by Crippen LogP contribution is -2.48. The molecule has 1 saturated carbocycles. The summed E-state index contributed by atoms with van der Waals surface area (Å²) in [5.41, 5.74) is 10.5. The van der Waals surface area contributed by atoms with Crippen molar-refractivity contribution in [3.63, 3.8) is 0 Å². The average Bonchev–Trinajstić information content (AvgIpc) is 2.91. The number of hydrogen-bond donors (Lipinski definition) is 4. The lowest BCUT2D eigenvalue weighted by Gasteiger charge is -2.40. The first-order valence-corrected chi connectivity index (χ1v) is 12.6. The molecule has 4 aromatic rings. The Morgan fingerprint density at radius 1 is 1.16 bits per heavy atom. The van der Waals surface area contributed by atoms with Crippen LogP contribution in [0.1, 0.15) is 30.4 Å². The number of hydrogen-bond acceptors (Lipinski definition) is 8. The van der Waals surface area contributed by atoms with E-state index in [0.29, 0.717) is 47.0 Å². The van der Waals surface area contributed by atoms with Crippen LogP contribution in [-0.2, 0) is 10.2 Å². The molecule has 2 aromatic carbocycles. The van der Waals surface area contributed by atoms with Gasteiger partial charge in [-0.15, -0.1) is 0 Å². The molecule has 2 aromatic heterocycles. The summed E-state index contributed by atoms with van der Waals surface area (Å²) in [5.74, 6) is 0.364. The fourth-order valence-corrected chi connectivity index (χ4v) is 5.34. The van der Waals surface area contributed by atoms with Crippen molar-refractivity contribution in [1.29, 1.82) is 0 Å². The van der Waals surface area contributed by atoms with E-state index >= 15 is 4.39 Å². The van der Waals surface area contributed by atoms with E-state index in [1.54, 1.807) is 19.3 Å². The van der Waals surface area contributed by atoms with Gasteiger partial charge in [-0.1, -0.05) is 18.6 Å². The average molecular weight is 514 g/mol. The second-order valence-electron chi connectivity index (χ2n) is 9.75. The molecule has 0 unspecified atom stereocenters. The van der Waals surface area contributed by atoms with Gasteiger partial charge in [-0.3, -0.25) is 4.79 Å². The lowest BCUT2D eigenvalue weighted by atomic mass is 9.64. The first-order chi connectivity index (χ1) is 18.4. The predicted octanol–water partition coefficient (Wildman–Crippen LogP) is 4.44. The number of carbonyl (C=O) groups is 1. The number of fused-ring (bicyclic) bond motifs is 2. The van der Waals surface area contributed by atoms with Crippen molar-refractivity contribution in [2.45, 2.75) is 31.6 Å².